The highest BCUT2D eigenvalue weighted by Crippen LogP contribution is 2.16. The van der Waals surface area contributed by atoms with Crippen LogP contribution in [0.4, 0.5) is 0 Å². The van der Waals surface area contributed by atoms with E-state index in [9.17, 15) is 9.90 Å². The van der Waals surface area contributed by atoms with Gasteiger partial charge in [-0.05, 0) is 12.3 Å². The van der Waals surface area contributed by atoms with Gasteiger partial charge in [-0.15, -0.1) is 0 Å². The lowest BCUT2D eigenvalue weighted by Crippen LogP contribution is -2.38. The molecule has 0 fully saturated rings. The minimum atomic E-state index is -0.479. The maximum Gasteiger partial charge on any atom is 0.227 e. The van der Waals surface area contributed by atoms with Crippen LogP contribution in [0.1, 0.15) is 20.3 Å². The van der Waals surface area contributed by atoms with Crippen molar-refractivity contribution in [3.05, 3.63) is 12.2 Å². The molecule has 0 bridgehead atoms. The van der Waals surface area contributed by atoms with E-state index >= 15 is 0 Å². The zero-order chi connectivity index (χ0) is 11.4. The molecule has 4 nitrogen and oxygen atoms in total. The van der Waals surface area contributed by atoms with Gasteiger partial charge in [0.1, 0.15) is 0 Å². The molecule has 0 aromatic carbocycles. The highest BCUT2D eigenvalue weighted by Gasteiger charge is 2.23. The first kappa shape index (κ1) is 12.2. The second kappa shape index (κ2) is 5.28. The van der Waals surface area contributed by atoms with Crippen molar-refractivity contribution in [2.75, 3.05) is 6.54 Å². The van der Waals surface area contributed by atoms with E-state index in [0.717, 1.165) is 0 Å². The molecule has 0 saturated heterocycles. The molecule has 0 heterocycles. The standard InChI is InChI=1S/C11H20N2O2/c1-7(2)10(14)6-13-11(15)8-3-4-9(12)5-8/h3-4,7-10,14H,5-6,12H2,1-2H3,(H,13,15). The monoisotopic (exact) mass is 212 g/mol. The van der Waals surface area contributed by atoms with E-state index < -0.39 is 6.10 Å². The fraction of sp³-hybridized carbons (Fsp3) is 0.727. The molecule has 1 aliphatic carbocycles. The largest absolute Gasteiger partial charge is 0.391 e. The van der Waals surface area contributed by atoms with E-state index in [0.29, 0.717) is 13.0 Å². The molecule has 0 radical (unpaired) electrons. The van der Waals surface area contributed by atoms with Crippen LogP contribution in [0.15, 0.2) is 12.2 Å². The number of hydrogen-bond acceptors (Lipinski definition) is 3. The lowest BCUT2D eigenvalue weighted by atomic mass is 10.1. The molecule has 86 valence electrons. The van der Waals surface area contributed by atoms with Crippen LogP contribution >= 0.6 is 0 Å². The predicted molar refractivity (Wildman–Crippen MR) is 59.1 cm³/mol. The maximum atomic E-state index is 11.6. The molecule has 15 heavy (non-hydrogen) atoms. The van der Waals surface area contributed by atoms with Crippen LogP contribution in [-0.4, -0.2) is 29.7 Å². The normalized spacial score (nSPS) is 27.0. The van der Waals surface area contributed by atoms with Crippen molar-refractivity contribution < 1.29 is 9.90 Å². The van der Waals surface area contributed by atoms with Crippen LogP contribution in [0.2, 0.25) is 0 Å². The van der Waals surface area contributed by atoms with E-state index in [4.69, 9.17) is 5.73 Å². The molecule has 0 aliphatic heterocycles. The van der Waals surface area contributed by atoms with Crippen molar-refractivity contribution in [2.24, 2.45) is 17.6 Å². The molecule has 3 unspecified atom stereocenters. The average molecular weight is 212 g/mol. The highest BCUT2D eigenvalue weighted by molar-refractivity contribution is 5.81. The van der Waals surface area contributed by atoms with E-state index in [2.05, 4.69) is 5.32 Å². The Bertz CT molecular complexity index is 251. The van der Waals surface area contributed by atoms with Gasteiger partial charge in [-0.3, -0.25) is 4.79 Å². The first-order valence-corrected chi connectivity index (χ1v) is 5.40. The van der Waals surface area contributed by atoms with Crippen LogP contribution < -0.4 is 11.1 Å². The van der Waals surface area contributed by atoms with E-state index in [1.165, 1.54) is 0 Å². The van der Waals surface area contributed by atoms with Crippen LogP contribution in [0.25, 0.3) is 0 Å². The Morgan fingerprint density at radius 1 is 1.60 bits per heavy atom. The highest BCUT2D eigenvalue weighted by atomic mass is 16.3. The SMILES string of the molecule is CC(C)C(O)CNC(=O)C1C=CC(N)C1. The minimum Gasteiger partial charge on any atom is -0.391 e. The van der Waals surface area contributed by atoms with Gasteiger partial charge in [-0.2, -0.15) is 0 Å². The van der Waals surface area contributed by atoms with Crippen molar-refractivity contribution in [3.8, 4) is 0 Å². The van der Waals surface area contributed by atoms with E-state index in [-0.39, 0.29) is 23.8 Å². The number of aliphatic hydroxyl groups is 1. The van der Waals surface area contributed by atoms with Gasteiger partial charge in [0.15, 0.2) is 0 Å². The summed E-state index contributed by atoms with van der Waals surface area (Å²) in [6.45, 7) is 4.15. The molecule has 0 saturated carbocycles. The fourth-order valence-electron chi connectivity index (χ4n) is 1.49. The molecule has 4 N–H and O–H groups in total. The zero-order valence-electron chi connectivity index (χ0n) is 9.31. The molecule has 3 atom stereocenters. The quantitative estimate of drug-likeness (QED) is 0.575. The van der Waals surface area contributed by atoms with Gasteiger partial charge in [-0.1, -0.05) is 26.0 Å². The molecule has 0 aromatic heterocycles. The van der Waals surface area contributed by atoms with Crippen LogP contribution in [0.3, 0.4) is 0 Å². The summed E-state index contributed by atoms with van der Waals surface area (Å²) in [7, 11) is 0. The minimum absolute atomic E-state index is 0.00391. The average Bonchev–Trinajstić information content (AvgIpc) is 2.60. The van der Waals surface area contributed by atoms with Gasteiger partial charge in [0, 0.05) is 12.6 Å². The van der Waals surface area contributed by atoms with Gasteiger partial charge < -0.3 is 16.2 Å². The second-order valence-electron chi connectivity index (χ2n) is 4.45. The van der Waals surface area contributed by atoms with Gasteiger partial charge in [0.05, 0.1) is 12.0 Å². The summed E-state index contributed by atoms with van der Waals surface area (Å²) < 4.78 is 0. The number of rotatable bonds is 4. The maximum absolute atomic E-state index is 11.6. The Kier molecular flexibility index (Phi) is 4.29. The summed E-state index contributed by atoms with van der Waals surface area (Å²) in [5.74, 6) is -0.00932. The molecule has 1 rings (SSSR count). The Labute approximate surface area is 90.5 Å². The molecule has 0 aromatic rings. The number of carbonyl (C=O) groups is 1. The molecular formula is C11H20N2O2. The second-order valence-corrected chi connectivity index (χ2v) is 4.45. The third-order valence-corrected chi connectivity index (χ3v) is 2.71. The first-order chi connectivity index (χ1) is 7.00. The number of nitrogens with two attached hydrogens (primary N) is 1. The third-order valence-electron chi connectivity index (χ3n) is 2.71. The van der Waals surface area contributed by atoms with E-state index in [1.807, 2.05) is 26.0 Å². The Hall–Kier alpha value is -0.870. The lowest BCUT2D eigenvalue weighted by molar-refractivity contribution is -0.124. The smallest absolute Gasteiger partial charge is 0.227 e. The number of amides is 1. The summed E-state index contributed by atoms with van der Waals surface area (Å²) in [5.41, 5.74) is 5.65. The fourth-order valence-corrected chi connectivity index (χ4v) is 1.49. The van der Waals surface area contributed by atoms with Crippen molar-refractivity contribution >= 4 is 5.91 Å². The van der Waals surface area contributed by atoms with Crippen LogP contribution in [-0.2, 0) is 4.79 Å². The summed E-state index contributed by atoms with van der Waals surface area (Å²) in [5, 5.41) is 12.2. The summed E-state index contributed by atoms with van der Waals surface area (Å²) in [6, 6.07) is -0.00391. The molecule has 1 amide bonds. The van der Waals surface area contributed by atoms with E-state index in [1.54, 1.807) is 0 Å². The molecule has 4 heteroatoms. The van der Waals surface area contributed by atoms with Crippen molar-refractivity contribution in [1.82, 2.24) is 5.32 Å². The number of nitrogens with one attached hydrogen (secondary N) is 1. The third kappa shape index (κ3) is 3.64. The van der Waals surface area contributed by atoms with Crippen molar-refractivity contribution in [1.29, 1.82) is 0 Å². The Balaban J connectivity index is 2.28. The first-order valence-electron chi connectivity index (χ1n) is 5.40. The van der Waals surface area contributed by atoms with Gasteiger partial charge >= 0.3 is 0 Å². The van der Waals surface area contributed by atoms with Gasteiger partial charge in [0.25, 0.3) is 0 Å². The molecular weight excluding hydrogens is 192 g/mol. The molecule has 1 aliphatic rings. The Morgan fingerprint density at radius 2 is 2.27 bits per heavy atom. The number of carbonyl (C=O) groups excluding carboxylic acids is 1. The predicted octanol–water partition coefficient (Wildman–Crippen LogP) is 0.0229. The van der Waals surface area contributed by atoms with Gasteiger partial charge in [-0.25, -0.2) is 0 Å². The molecule has 0 spiro atoms. The topological polar surface area (TPSA) is 75.3 Å². The zero-order valence-corrected chi connectivity index (χ0v) is 9.31. The summed E-state index contributed by atoms with van der Waals surface area (Å²) in [6.07, 6.45) is 3.88. The number of aliphatic hydroxyl groups excluding tert-OH is 1. The van der Waals surface area contributed by atoms with Crippen molar-refractivity contribution in [2.45, 2.75) is 32.4 Å². The van der Waals surface area contributed by atoms with Gasteiger partial charge in [0.2, 0.25) is 5.91 Å². The van der Waals surface area contributed by atoms with Crippen LogP contribution in [0.5, 0.6) is 0 Å². The van der Waals surface area contributed by atoms with Crippen LogP contribution in [0, 0.1) is 11.8 Å². The number of hydrogen-bond donors (Lipinski definition) is 3. The summed E-state index contributed by atoms with van der Waals surface area (Å²) in [4.78, 5) is 11.6. The summed E-state index contributed by atoms with van der Waals surface area (Å²) >= 11 is 0. The van der Waals surface area contributed by atoms with Crippen molar-refractivity contribution in [3.63, 3.8) is 0 Å². The Morgan fingerprint density at radius 3 is 2.73 bits per heavy atom. The lowest BCUT2D eigenvalue weighted by Gasteiger charge is -2.16.